The van der Waals surface area contributed by atoms with Gasteiger partial charge in [0.05, 0.1) is 11.4 Å². The molecule has 0 unspecified atom stereocenters. The lowest BCUT2D eigenvalue weighted by Crippen LogP contribution is -2.11. The maximum atomic E-state index is 6.71. The molecule has 10 aromatic carbocycles. The number of hydrogen-bond donors (Lipinski definition) is 0. The lowest BCUT2D eigenvalue weighted by molar-refractivity contribution is 0.669. The van der Waals surface area contributed by atoms with Crippen molar-refractivity contribution in [2.75, 3.05) is 4.90 Å². The highest BCUT2D eigenvalue weighted by Gasteiger charge is 2.23. The van der Waals surface area contributed by atoms with E-state index in [4.69, 9.17) is 8.83 Å². The Kier molecular flexibility index (Phi) is 7.54. The Morgan fingerprint density at radius 2 is 0.864 bits per heavy atom. The van der Waals surface area contributed by atoms with Crippen molar-refractivity contribution in [2.45, 2.75) is 0 Å². The van der Waals surface area contributed by atoms with Crippen LogP contribution < -0.4 is 4.90 Å². The summed E-state index contributed by atoms with van der Waals surface area (Å²) in [6, 6.07) is 75.7. The van der Waals surface area contributed by atoms with Crippen molar-refractivity contribution in [3.63, 3.8) is 0 Å². The molecule has 0 N–H and O–H groups in total. The number of rotatable bonds is 6. The van der Waals surface area contributed by atoms with Crippen molar-refractivity contribution >= 4 is 82.5 Å². The predicted molar refractivity (Wildman–Crippen MR) is 247 cm³/mol. The van der Waals surface area contributed by atoms with Gasteiger partial charge >= 0.3 is 0 Å². The second-order valence-corrected chi connectivity index (χ2v) is 15.2. The van der Waals surface area contributed by atoms with Crippen molar-refractivity contribution in [1.29, 1.82) is 0 Å². The standard InChI is InChI=1S/C56H35NO2/c1-3-17-43-37(12-1)14-10-21-44(43)40-16-9-15-39(34-40)36-26-30-42(31-27-36)57(52-24-11-22-48-47-20-6-8-25-53(47)59-56(48)52)51-23-7-5-18-45(51)41-29-33-54-50(35-41)49-32-28-38-13-2-4-19-46(38)55(49)58-54/h1-35H. The van der Waals surface area contributed by atoms with Crippen LogP contribution in [0.3, 0.4) is 0 Å². The first-order chi connectivity index (χ1) is 29.2. The molecule has 0 bridgehead atoms. The molecule has 0 aliphatic carbocycles. The molecule has 0 amide bonds. The third kappa shape index (κ3) is 5.44. The molecular formula is C56H35NO2. The molecule has 276 valence electrons. The molecule has 0 fully saturated rings. The fraction of sp³-hybridized carbons (Fsp3) is 0. The molecule has 0 radical (unpaired) electrons. The zero-order valence-corrected chi connectivity index (χ0v) is 32.0. The fourth-order valence-corrected chi connectivity index (χ4v) is 9.05. The minimum absolute atomic E-state index is 0.846. The maximum Gasteiger partial charge on any atom is 0.159 e. The second kappa shape index (κ2) is 13.4. The molecule has 59 heavy (non-hydrogen) atoms. The van der Waals surface area contributed by atoms with Gasteiger partial charge in [0, 0.05) is 38.2 Å². The van der Waals surface area contributed by atoms with E-state index in [-0.39, 0.29) is 0 Å². The third-order valence-electron chi connectivity index (χ3n) is 11.9. The van der Waals surface area contributed by atoms with Gasteiger partial charge in [-0.25, -0.2) is 0 Å². The molecule has 12 rings (SSSR count). The Balaban J connectivity index is 1.02. The Labute approximate surface area is 340 Å². The van der Waals surface area contributed by atoms with Crippen molar-refractivity contribution in [1.82, 2.24) is 0 Å². The Bertz CT molecular complexity index is 3570. The summed E-state index contributed by atoms with van der Waals surface area (Å²) in [5.41, 5.74) is 13.5. The van der Waals surface area contributed by atoms with E-state index in [0.717, 1.165) is 83.0 Å². The maximum absolute atomic E-state index is 6.71. The van der Waals surface area contributed by atoms with Gasteiger partial charge in [0.2, 0.25) is 0 Å². The highest BCUT2D eigenvalue weighted by molar-refractivity contribution is 6.16. The van der Waals surface area contributed by atoms with E-state index in [2.05, 4.69) is 205 Å². The fourth-order valence-electron chi connectivity index (χ4n) is 9.05. The summed E-state index contributed by atoms with van der Waals surface area (Å²) >= 11 is 0. The molecule has 0 aliphatic heterocycles. The van der Waals surface area contributed by atoms with Crippen molar-refractivity contribution < 1.29 is 8.83 Å². The average molecular weight is 754 g/mol. The van der Waals surface area contributed by atoms with Crippen LogP contribution in [0.15, 0.2) is 221 Å². The summed E-state index contributed by atoms with van der Waals surface area (Å²) in [4.78, 5) is 2.35. The molecule has 0 saturated carbocycles. The molecular weight excluding hydrogens is 719 g/mol. The Morgan fingerprint density at radius 1 is 0.288 bits per heavy atom. The lowest BCUT2D eigenvalue weighted by Gasteiger charge is -2.28. The number of nitrogens with zero attached hydrogens (tertiary/aromatic N) is 1. The van der Waals surface area contributed by atoms with E-state index >= 15 is 0 Å². The van der Waals surface area contributed by atoms with Gasteiger partial charge in [0.1, 0.15) is 16.7 Å². The molecule has 0 spiro atoms. The summed E-state index contributed by atoms with van der Waals surface area (Å²) in [7, 11) is 0. The van der Waals surface area contributed by atoms with Crippen molar-refractivity contribution in [3.8, 4) is 33.4 Å². The van der Waals surface area contributed by atoms with Gasteiger partial charge in [-0.05, 0) is 98.6 Å². The first kappa shape index (κ1) is 33.3. The van der Waals surface area contributed by atoms with E-state index < -0.39 is 0 Å². The van der Waals surface area contributed by atoms with Gasteiger partial charge in [-0.1, -0.05) is 158 Å². The highest BCUT2D eigenvalue weighted by Crippen LogP contribution is 2.46. The minimum atomic E-state index is 0.846. The summed E-state index contributed by atoms with van der Waals surface area (Å²) in [6.07, 6.45) is 0. The summed E-state index contributed by atoms with van der Waals surface area (Å²) in [5, 5.41) is 9.18. The molecule has 0 aliphatic rings. The smallest absolute Gasteiger partial charge is 0.159 e. The number of benzene rings is 10. The van der Waals surface area contributed by atoms with Crippen LogP contribution in [0.2, 0.25) is 0 Å². The van der Waals surface area contributed by atoms with Crippen LogP contribution >= 0.6 is 0 Å². The van der Waals surface area contributed by atoms with Gasteiger partial charge in [-0.15, -0.1) is 0 Å². The number of para-hydroxylation sites is 3. The molecule has 2 heterocycles. The van der Waals surface area contributed by atoms with Crippen LogP contribution in [0.25, 0.3) is 98.8 Å². The summed E-state index contributed by atoms with van der Waals surface area (Å²) in [6.45, 7) is 0. The van der Waals surface area contributed by atoms with Gasteiger partial charge in [-0.3, -0.25) is 0 Å². The van der Waals surface area contributed by atoms with Crippen LogP contribution in [-0.2, 0) is 0 Å². The van der Waals surface area contributed by atoms with Crippen LogP contribution in [0.5, 0.6) is 0 Å². The molecule has 3 nitrogen and oxygen atoms in total. The van der Waals surface area contributed by atoms with Crippen LogP contribution in [0.4, 0.5) is 17.1 Å². The molecule has 0 atom stereocenters. The zero-order chi connectivity index (χ0) is 38.9. The first-order valence-electron chi connectivity index (χ1n) is 20.1. The Morgan fingerprint density at radius 3 is 1.76 bits per heavy atom. The molecule has 2 aromatic heterocycles. The van der Waals surface area contributed by atoms with Gasteiger partial charge in [0.25, 0.3) is 0 Å². The quantitative estimate of drug-likeness (QED) is 0.169. The number of hydrogen-bond acceptors (Lipinski definition) is 3. The molecule has 0 saturated heterocycles. The van der Waals surface area contributed by atoms with Crippen molar-refractivity contribution in [2.24, 2.45) is 0 Å². The molecule has 12 aromatic rings. The van der Waals surface area contributed by atoms with Gasteiger partial charge < -0.3 is 13.7 Å². The first-order valence-corrected chi connectivity index (χ1v) is 20.1. The normalized spacial score (nSPS) is 11.7. The Hall–Kier alpha value is -7.88. The van der Waals surface area contributed by atoms with E-state index in [0.29, 0.717) is 0 Å². The zero-order valence-electron chi connectivity index (χ0n) is 32.0. The van der Waals surface area contributed by atoms with E-state index in [1.807, 2.05) is 12.1 Å². The van der Waals surface area contributed by atoms with Crippen molar-refractivity contribution in [3.05, 3.63) is 212 Å². The average Bonchev–Trinajstić information content (AvgIpc) is 3.88. The van der Waals surface area contributed by atoms with E-state index in [1.165, 1.54) is 32.8 Å². The van der Waals surface area contributed by atoms with Gasteiger partial charge in [-0.2, -0.15) is 0 Å². The minimum Gasteiger partial charge on any atom is -0.455 e. The molecule has 3 heteroatoms. The number of fused-ring (bicyclic) bond motifs is 9. The predicted octanol–water partition coefficient (Wildman–Crippen LogP) is 16.3. The number of furan rings is 2. The largest absolute Gasteiger partial charge is 0.455 e. The lowest BCUT2D eigenvalue weighted by atomic mass is 9.95. The SMILES string of the molecule is c1cc(-c2ccc(N(c3ccccc3-c3ccc4oc5c6ccccc6ccc5c4c3)c3cccc4c3oc3ccccc34)cc2)cc(-c2cccc3ccccc23)c1. The number of anilines is 3. The topological polar surface area (TPSA) is 29.5 Å². The van der Waals surface area contributed by atoms with Crippen LogP contribution in [0, 0.1) is 0 Å². The van der Waals surface area contributed by atoms with Gasteiger partial charge in [0.15, 0.2) is 5.58 Å². The van der Waals surface area contributed by atoms with Crippen LogP contribution in [0.1, 0.15) is 0 Å². The summed E-state index contributed by atoms with van der Waals surface area (Å²) in [5.74, 6) is 0. The highest BCUT2D eigenvalue weighted by atomic mass is 16.3. The monoisotopic (exact) mass is 753 g/mol. The second-order valence-electron chi connectivity index (χ2n) is 15.2. The van der Waals surface area contributed by atoms with E-state index in [9.17, 15) is 0 Å². The van der Waals surface area contributed by atoms with Crippen LogP contribution in [-0.4, -0.2) is 0 Å². The third-order valence-corrected chi connectivity index (χ3v) is 11.9. The van der Waals surface area contributed by atoms with E-state index in [1.54, 1.807) is 0 Å². The summed E-state index contributed by atoms with van der Waals surface area (Å²) < 4.78 is 13.2.